The summed E-state index contributed by atoms with van der Waals surface area (Å²) in [6.07, 6.45) is 0. The van der Waals surface area contributed by atoms with Crippen LogP contribution in [0, 0.1) is 13.8 Å². The van der Waals surface area contributed by atoms with Gasteiger partial charge in [0.15, 0.2) is 5.76 Å². The van der Waals surface area contributed by atoms with Crippen molar-refractivity contribution < 1.29 is 19.1 Å². The number of hydrogen-bond donors (Lipinski definition) is 2. The standard InChI is InChI=1S/C19H14N2O4S2/c1-9-16(27-10(2)20-9)12-8-26-18(15(12)19(23)24)21-17(22)14-7-11-5-3-4-6-13(11)25-14/h3-8H,1-2H3,(H,21,22)(H,23,24). The van der Waals surface area contributed by atoms with Crippen LogP contribution in [0.5, 0.6) is 0 Å². The summed E-state index contributed by atoms with van der Waals surface area (Å²) >= 11 is 2.60. The van der Waals surface area contributed by atoms with Gasteiger partial charge >= 0.3 is 5.97 Å². The van der Waals surface area contributed by atoms with Gasteiger partial charge in [-0.25, -0.2) is 9.78 Å². The topological polar surface area (TPSA) is 92.4 Å². The fourth-order valence-electron chi connectivity index (χ4n) is 2.87. The second-order valence-electron chi connectivity index (χ2n) is 5.91. The number of hydrogen-bond acceptors (Lipinski definition) is 6. The molecule has 0 unspecified atom stereocenters. The molecule has 6 nitrogen and oxygen atoms in total. The Labute approximate surface area is 162 Å². The lowest BCUT2D eigenvalue weighted by Gasteiger charge is -2.04. The molecular formula is C19H14N2O4S2. The van der Waals surface area contributed by atoms with Crippen molar-refractivity contribution >= 4 is 50.5 Å². The Morgan fingerprint density at radius 3 is 2.67 bits per heavy atom. The summed E-state index contributed by atoms with van der Waals surface area (Å²) in [5.41, 5.74) is 2.00. The maximum absolute atomic E-state index is 12.6. The molecule has 3 aromatic heterocycles. The van der Waals surface area contributed by atoms with Crippen molar-refractivity contribution in [2.24, 2.45) is 0 Å². The number of fused-ring (bicyclic) bond motifs is 1. The molecule has 0 radical (unpaired) electrons. The Morgan fingerprint density at radius 1 is 1.22 bits per heavy atom. The molecule has 4 aromatic rings. The molecule has 0 atom stereocenters. The van der Waals surface area contributed by atoms with E-state index in [9.17, 15) is 14.7 Å². The van der Waals surface area contributed by atoms with Gasteiger partial charge in [0.1, 0.15) is 16.1 Å². The molecule has 0 saturated heterocycles. The summed E-state index contributed by atoms with van der Waals surface area (Å²) in [5.74, 6) is -1.46. The lowest BCUT2D eigenvalue weighted by molar-refractivity contribution is 0.0699. The summed E-state index contributed by atoms with van der Waals surface area (Å²) < 4.78 is 5.55. The SMILES string of the molecule is Cc1nc(C)c(-c2csc(NC(=O)c3cc4ccccc4o3)c2C(=O)O)s1. The van der Waals surface area contributed by atoms with Gasteiger partial charge in [-0.05, 0) is 26.0 Å². The predicted octanol–water partition coefficient (Wildman–Crippen LogP) is 5.19. The van der Waals surface area contributed by atoms with Gasteiger partial charge in [0.2, 0.25) is 0 Å². The number of furan rings is 1. The molecule has 4 rings (SSSR count). The first-order valence-electron chi connectivity index (χ1n) is 8.03. The van der Waals surface area contributed by atoms with Crippen LogP contribution in [0.1, 0.15) is 31.6 Å². The predicted molar refractivity (Wildman–Crippen MR) is 106 cm³/mol. The van der Waals surface area contributed by atoms with Crippen LogP contribution in [0.15, 0.2) is 40.1 Å². The van der Waals surface area contributed by atoms with Crippen molar-refractivity contribution in [3.8, 4) is 10.4 Å². The molecule has 0 bridgehead atoms. The number of nitrogens with zero attached hydrogens (tertiary/aromatic N) is 1. The zero-order chi connectivity index (χ0) is 19.1. The van der Waals surface area contributed by atoms with Gasteiger partial charge in [0, 0.05) is 16.3 Å². The number of nitrogens with one attached hydrogen (secondary N) is 1. The van der Waals surface area contributed by atoms with E-state index in [0.29, 0.717) is 11.1 Å². The molecule has 1 amide bonds. The Morgan fingerprint density at radius 2 is 2.00 bits per heavy atom. The number of aromatic nitrogens is 1. The summed E-state index contributed by atoms with van der Waals surface area (Å²) in [6, 6.07) is 8.92. The van der Waals surface area contributed by atoms with Crippen molar-refractivity contribution in [2.45, 2.75) is 13.8 Å². The van der Waals surface area contributed by atoms with Crippen LogP contribution in [0.25, 0.3) is 21.4 Å². The molecule has 136 valence electrons. The quantitative estimate of drug-likeness (QED) is 0.494. The highest BCUT2D eigenvalue weighted by Crippen LogP contribution is 2.40. The fraction of sp³-hybridized carbons (Fsp3) is 0.105. The number of rotatable bonds is 4. The number of carbonyl (C=O) groups is 2. The van der Waals surface area contributed by atoms with E-state index in [2.05, 4.69) is 10.3 Å². The molecule has 0 saturated carbocycles. The van der Waals surface area contributed by atoms with Crippen molar-refractivity contribution in [2.75, 3.05) is 5.32 Å². The number of aryl methyl sites for hydroxylation is 2. The normalized spacial score (nSPS) is 11.0. The number of carbonyl (C=O) groups excluding carboxylic acids is 1. The van der Waals surface area contributed by atoms with Crippen LogP contribution >= 0.6 is 22.7 Å². The number of amides is 1. The largest absolute Gasteiger partial charge is 0.478 e. The first-order valence-corrected chi connectivity index (χ1v) is 9.72. The molecular weight excluding hydrogens is 384 g/mol. The van der Waals surface area contributed by atoms with E-state index in [-0.39, 0.29) is 16.3 Å². The first-order chi connectivity index (χ1) is 12.9. The van der Waals surface area contributed by atoms with E-state index in [0.717, 1.165) is 21.0 Å². The number of benzene rings is 1. The van der Waals surface area contributed by atoms with Gasteiger partial charge in [-0.1, -0.05) is 18.2 Å². The van der Waals surface area contributed by atoms with E-state index < -0.39 is 11.9 Å². The average molecular weight is 398 g/mol. The summed E-state index contributed by atoms with van der Waals surface area (Å²) in [4.78, 5) is 29.6. The van der Waals surface area contributed by atoms with Crippen molar-refractivity contribution in [3.63, 3.8) is 0 Å². The van der Waals surface area contributed by atoms with Gasteiger partial charge in [-0.15, -0.1) is 22.7 Å². The minimum Gasteiger partial charge on any atom is -0.478 e. The average Bonchev–Trinajstić information content (AvgIpc) is 3.30. The van der Waals surface area contributed by atoms with Gasteiger partial charge in [-0.2, -0.15) is 0 Å². The van der Waals surface area contributed by atoms with Crippen molar-refractivity contribution in [1.82, 2.24) is 4.98 Å². The molecule has 0 aliphatic carbocycles. The number of anilines is 1. The second-order valence-corrected chi connectivity index (χ2v) is 7.99. The summed E-state index contributed by atoms with van der Waals surface area (Å²) in [7, 11) is 0. The molecule has 0 fully saturated rings. The monoisotopic (exact) mass is 398 g/mol. The van der Waals surface area contributed by atoms with Crippen LogP contribution in [-0.2, 0) is 0 Å². The maximum Gasteiger partial charge on any atom is 0.339 e. The molecule has 1 aromatic carbocycles. The lowest BCUT2D eigenvalue weighted by Crippen LogP contribution is -2.12. The Balaban J connectivity index is 1.70. The second kappa shape index (κ2) is 6.64. The maximum atomic E-state index is 12.6. The number of carboxylic acids is 1. The van der Waals surface area contributed by atoms with Crippen LogP contribution in [0.3, 0.4) is 0 Å². The number of thiophene rings is 1. The molecule has 0 aliphatic rings. The molecule has 8 heteroatoms. The molecule has 0 aliphatic heterocycles. The minimum atomic E-state index is -1.10. The third kappa shape index (κ3) is 3.13. The van der Waals surface area contributed by atoms with E-state index in [1.54, 1.807) is 17.5 Å². The number of carboxylic acid groups (broad SMARTS) is 1. The zero-order valence-electron chi connectivity index (χ0n) is 14.4. The molecule has 27 heavy (non-hydrogen) atoms. The van der Waals surface area contributed by atoms with E-state index in [4.69, 9.17) is 4.42 Å². The Hall–Kier alpha value is -2.97. The van der Waals surface area contributed by atoms with Gasteiger partial charge in [0.25, 0.3) is 5.91 Å². The summed E-state index contributed by atoms with van der Waals surface area (Å²) in [5, 5.41) is 16.1. The highest BCUT2D eigenvalue weighted by Gasteiger charge is 2.24. The zero-order valence-corrected chi connectivity index (χ0v) is 16.0. The highest BCUT2D eigenvalue weighted by molar-refractivity contribution is 7.17. The first kappa shape index (κ1) is 17.4. The smallest absolute Gasteiger partial charge is 0.339 e. The van der Waals surface area contributed by atoms with Gasteiger partial charge < -0.3 is 14.8 Å². The fourth-order valence-corrected chi connectivity index (χ4v) is 4.82. The van der Waals surface area contributed by atoms with Crippen LogP contribution in [-0.4, -0.2) is 22.0 Å². The molecule has 0 spiro atoms. The molecule has 3 heterocycles. The van der Waals surface area contributed by atoms with Gasteiger partial charge in [0.05, 0.1) is 15.6 Å². The highest BCUT2D eigenvalue weighted by atomic mass is 32.1. The third-order valence-electron chi connectivity index (χ3n) is 4.03. The van der Waals surface area contributed by atoms with E-state index in [1.165, 1.54) is 22.7 Å². The Bertz CT molecular complexity index is 1150. The van der Waals surface area contributed by atoms with Crippen molar-refractivity contribution in [1.29, 1.82) is 0 Å². The van der Waals surface area contributed by atoms with Crippen LogP contribution < -0.4 is 5.32 Å². The molecule has 2 N–H and O–H groups in total. The Kier molecular flexibility index (Phi) is 4.29. The van der Waals surface area contributed by atoms with Crippen LogP contribution in [0.2, 0.25) is 0 Å². The number of aromatic carboxylic acids is 1. The number of thiazole rings is 1. The van der Waals surface area contributed by atoms with Gasteiger partial charge in [-0.3, -0.25) is 4.79 Å². The minimum absolute atomic E-state index is 0.0659. The van der Waals surface area contributed by atoms with Crippen LogP contribution in [0.4, 0.5) is 5.00 Å². The lowest BCUT2D eigenvalue weighted by atomic mass is 10.1. The van der Waals surface area contributed by atoms with Crippen molar-refractivity contribution in [3.05, 3.63) is 57.7 Å². The third-order valence-corrected chi connectivity index (χ3v) is 6.03. The number of para-hydroxylation sites is 1. The summed E-state index contributed by atoms with van der Waals surface area (Å²) in [6.45, 7) is 3.72. The van der Waals surface area contributed by atoms with E-state index in [1.807, 2.05) is 32.0 Å². The van der Waals surface area contributed by atoms with E-state index >= 15 is 0 Å².